The summed E-state index contributed by atoms with van der Waals surface area (Å²) >= 11 is 6.96. The smallest absolute Gasteiger partial charge is 0.282 e. The van der Waals surface area contributed by atoms with E-state index in [4.69, 9.17) is 14.5 Å². The van der Waals surface area contributed by atoms with Crippen LogP contribution in [-0.2, 0) is 0 Å². The summed E-state index contributed by atoms with van der Waals surface area (Å²) in [6, 6.07) is 9.24. The summed E-state index contributed by atoms with van der Waals surface area (Å²) < 4.78 is 14.7. The number of benzene rings is 2. The molecule has 2 aromatic carbocycles. The molecule has 0 amide bonds. The Morgan fingerprint density at radius 1 is 1.12 bits per heavy atom. The van der Waals surface area contributed by atoms with Crippen molar-refractivity contribution in [3.8, 4) is 11.5 Å². The highest BCUT2D eigenvalue weighted by Crippen LogP contribution is 2.35. The maximum atomic E-state index is 13.4. The average molecular weight is 565 g/mol. The van der Waals surface area contributed by atoms with E-state index in [1.165, 1.54) is 4.68 Å². The van der Waals surface area contributed by atoms with Crippen molar-refractivity contribution < 1.29 is 9.47 Å². The summed E-state index contributed by atoms with van der Waals surface area (Å²) in [4.78, 5) is 18.1. The molecule has 0 aliphatic carbocycles. The lowest BCUT2D eigenvalue weighted by molar-refractivity contribution is 0.207. The van der Waals surface area contributed by atoms with E-state index in [9.17, 15) is 4.79 Å². The van der Waals surface area contributed by atoms with Crippen LogP contribution in [0.15, 0.2) is 49.2 Å². The number of rotatable bonds is 8. The molecule has 0 aliphatic rings. The van der Waals surface area contributed by atoms with Crippen LogP contribution < -0.4 is 15.0 Å². The lowest BCUT2D eigenvalue weighted by Gasteiger charge is -2.18. The average Bonchev–Trinajstić information content (AvgIpc) is 2.79. The van der Waals surface area contributed by atoms with Gasteiger partial charge in [-0.3, -0.25) is 4.79 Å². The summed E-state index contributed by atoms with van der Waals surface area (Å²) in [5.74, 6) is 1.86. The first kappa shape index (κ1) is 24.5. The van der Waals surface area contributed by atoms with Crippen LogP contribution in [0.25, 0.3) is 10.9 Å². The number of ether oxygens (including phenoxy) is 2. The lowest BCUT2D eigenvalue weighted by Crippen LogP contribution is -2.23. The topological polar surface area (TPSA) is 65.7 Å². The second kappa shape index (κ2) is 10.6. The third-order valence-electron chi connectivity index (χ3n) is 5.36. The van der Waals surface area contributed by atoms with Gasteiger partial charge >= 0.3 is 0 Å². The molecule has 3 aromatic rings. The number of halogens is 2. The van der Waals surface area contributed by atoms with Gasteiger partial charge in [0.25, 0.3) is 5.56 Å². The van der Waals surface area contributed by atoms with Crippen LogP contribution >= 0.6 is 31.9 Å². The predicted octanol–water partition coefficient (Wildman–Crippen LogP) is 6.50. The fourth-order valence-corrected chi connectivity index (χ4v) is 3.96. The first-order valence-electron chi connectivity index (χ1n) is 10.6. The number of methoxy groups -OCH3 is 1. The van der Waals surface area contributed by atoms with Crippen molar-refractivity contribution in [3.63, 3.8) is 0 Å². The summed E-state index contributed by atoms with van der Waals surface area (Å²) in [5.41, 5.74) is 1.15. The fourth-order valence-electron chi connectivity index (χ4n) is 3.15. The molecule has 0 spiro atoms. The van der Waals surface area contributed by atoms with E-state index in [1.807, 2.05) is 38.1 Å². The van der Waals surface area contributed by atoms with Gasteiger partial charge in [0.1, 0.15) is 5.82 Å². The number of aromatic nitrogens is 2. The fraction of sp³-hybridized carbons (Fsp3) is 0.375. The van der Waals surface area contributed by atoms with Crippen molar-refractivity contribution in [1.29, 1.82) is 0 Å². The molecule has 170 valence electrons. The molecule has 6 nitrogen and oxygen atoms in total. The van der Waals surface area contributed by atoms with E-state index in [1.54, 1.807) is 19.4 Å². The molecule has 1 aromatic heterocycles. The normalized spacial score (nSPS) is 13.5. The van der Waals surface area contributed by atoms with Crippen molar-refractivity contribution in [2.75, 3.05) is 7.11 Å². The van der Waals surface area contributed by atoms with Gasteiger partial charge in [-0.1, -0.05) is 52.6 Å². The Balaban J connectivity index is 2.21. The molecule has 0 radical (unpaired) electrons. The van der Waals surface area contributed by atoms with E-state index in [-0.39, 0.29) is 17.6 Å². The molecule has 0 unspecified atom stereocenters. The van der Waals surface area contributed by atoms with Crippen molar-refractivity contribution in [2.24, 2.45) is 5.10 Å². The van der Waals surface area contributed by atoms with Crippen LogP contribution in [0.5, 0.6) is 11.5 Å². The molecule has 0 N–H and O–H groups in total. The van der Waals surface area contributed by atoms with Gasteiger partial charge in [-0.15, -0.1) is 0 Å². The van der Waals surface area contributed by atoms with E-state index in [2.05, 4.69) is 50.8 Å². The first-order chi connectivity index (χ1) is 15.3. The SMILES string of the molecule is CC[C@@H](C)Oc1c(C=Nn2c([C@H](C)CC)nc3ccc(Br)cc3c2=O)cc(Br)cc1OC. The van der Waals surface area contributed by atoms with Crippen molar-refractivity contribution in [2.45, 2.75) is 52.6 Å². The standard InChI is InChI=1S/C24H27Br2N3O3/c1-6-14(3)23-28-20-9-8-17(25)11-19(20)24(30)29(23)27-13-16-10-18(26)12-21(31-5)22(16)32-15(4)7-2/h8-15H,6-7H2,1-5H3/t14-,15-/m1/s1. The first-order valence-corrected chi connectivity index (χ1v) is 12.2. The Labute approximate surface area is 204 Å². The third kappa shape index (κ3) is 5.23. The summed E-state index contributed by atoms with van der Waals surface area (Å²) in [6.45, 7) is 8.16. The van der Waals surface area contributed by atoms with Gasteiger partial charge in [0, 0.05) is 20.4 Å². The number of hydrogen-bond acceptors (Lipinski definition) is 5. The van der Waals surface area contributed by atoms with Crippen LogP contribution in [0.1, 0.15) is 57.8 Å². The Hall–Kier alpha value is -2.19. The minimum atomic E-state index is -0.214. The van der Waals surface area contributed by atoms with Gasteiger partial charge in [-0.05, 0) is 50.1 Å². The predicted molar refractivity (Wildman–Crippen MR) is 136 cm³/mol. The third-order valence-corrected chi connectivity index (χ3v) is 6.31. The van der Waals surface area contributed by atoms with Gasteiger partial charge in [-0.25, -0.2) is 4.98 Å². The van der Waals surface area contributed by atoms with Crippen LogP contribution in [-0.4, -0.2) is 29.1 Å². The number of fused-ring (bicyclic) bond motifs is 1. The molecule has 1 heterocycles. The minimum absolute atomic E-state index is 0.00434. The molecule has 3 rings (SSSR count). The molecule has 2 atom stereocenters. The molecule has 0 bridgehead atoms. The Kier molecular flexibility index (Phi) is 8.11. The number of hydrogen-bond donors (Lipinski definition) is 0. The van der Waals surface area contributed by atoms with Gasteiger partial charge < -0.3 is 9.47 Å². The molecule has 0 aliphatic heterocycles. The highest BCUT2D eigenvalue weighted by molar-refractivity contribution is 9.10. The second-order valence-electron chi connectivity index (χ2n) is 7.67. The van der Waals surface area contributed by atoms with E-state index >= 15 is 0 Å². The maximum Gasteiger partial charge on any atom is 0.282 e. The molecule has 0 saturated heterocycles. The summed E-state index contributed by atoms with van der Waals surface area (Å²) in [6.07, 6.45) is 3.30. The second-order valence-corrected chi connectivity index (χ2v) is 9.50. The Bertz CT molecular complexity index is 1210. The number of nitrogens with zero attached hydrogens (tertiary/aromatic N) is 3. The zero-order valence-electron chi connectivity index (χ0n) is 18.9. The van der Waals surface area contributed by atoms with Crippen molar-refractivity contribution in [1.82, 2.24) is 9.66 Å². The molecule has 0 saturated carbocycles. The minimum Gasteiger partial charge on any atom is -0.493 e. The van der Waals surface area contributed by atoms with E-state index < -0.39 is 0 Å². The van der Waals surface area contributed by atoms with Gasteiger partial charge in [0.15, 0.2) is 11.5 Å². The monoisotopic (exact) mass is 563 g/mol. The lowest BCUT2D eigenvalue weighted by atomic mass is 10.1. The highest BCUT2D eigenvalue weighted by Gasteiger charge is 2.17. The summed E-state index contributed by atoms with van der Waals surface area (Å²) in [7, 11) is 1.60. The Morgan fingerprint density at radius 3 is 2.53 bits per heavy atom. The van der Waals surface area contributed by atoms with Crippen molar-refractivity contribution in [3.05, 3.63) is 61.0 Å². The van der Waals surface area contributed by atoms with Crippen molar-refractivity contribution >= 4 is 49.0 Å². The highest BCUT2D eigenvalue weighted by atomic mass is 79.9. The molecule has 8 heteroatoms. The largest absolute Gasteiger partial charge is 0.493 e. The zero-order chi connectivity index (χ0) is 23.4. The molecular formula is C24H27Br2N3O3. The molecule has 0 fully saturated rings. The maximum absolute atomic E-state index is 13.4. The quantitative estimate of drug-likeness (QED) is 0.293. The summed E-state index contributed by atoms with van der Waals surface area (Å²) in [5, 5.41) is 5.09. The van der Waals surface area contributed by atoms with Gasteiger partial charge in [-0.2, -0.15) is 9.78 Å². The molecular weight excluding hydrogens is 538 g/mol. The zero-order valence-corrected chi connectivity index (χ0v) is 22.0. The Morgan fingerprint density at radius 2 is 1.88 bits per heavy atom. The van der Waals surface area contributed by atoms with Crippen LogP contribution in [0.3, 0.4) is 0 Å². The van der Waals surface area contributed by atoms with Gasteiger partial charge in [0.05, 0.1) is 30.3 Å². The van der Waals surface area contributed by atoms with E-state index in [0.717, 1.165) is 21.8 Å². The van der Waals surface area contributed by atoms with Gasteiger partial charge in [0.2, 0.25) is 0 Å². The van der Waals surface area contributed by atoms with E-state index in [0.29, 0.717) is 33.8 Å². The van der Waals surface area contributed by atoms with Crippen LogP contribution in [0.2, 0.25) is 0 Å². The van der Waals surface area contributed by atoms with Crippen LogP contribution in [0, 0.1) is 0 Å². The molecule has 32 heavy (non-hydrogen) atoms. The van der Waals surface area contributed by atoms with Crippen LogP contribution in [0.4, 0.5) is 0 Å².